The molecular formula is C20H17BN2O4. The van der Waals surface area contributed by atoms with Crippen LogP contribution in [0.3, 0.4) is 0 Å². The largest absolute Gasteiger partial charge is 0.467 e. The predicted molar refractivity (Wildman–Crippen MR) is 100 cm³/mol. The van der Waals surface area contributed by atoms with E-state index in [2.05, 4.69) is 5.32 Å². The Morgan fingerprint density at radius 3 is 2.52 bits per heavy atom. The predicted octanol–water partition coefficient (Wildman–Crippen LogP) is 1.22. The van der Waals surface area contributed by atoms with Crippen LogP contribution < -0.4 is 10.8 Å². The first kappa shape index (κ1) is 17.3. The fraction of sp³-hybridized carbons (Fsp3) is 0.250. The van der Waals surface area contributed by atoms with Crippen LogP contribution in [0.2, 0.25) is 0 Å². The molecule has 2 aromatic rings. The highest BCUT2D eigenvalue weighted by atomic mass is 16.5. The van der Waals surface area contributed by atoms with Gasteiger partial charge in [-0.25, -0.2) is 4.79 Å². The molecule has 2 aromatic carbocycles. The van der Waals surface area contributed by atoms with Gasteiger partial charge in [0.2, 0.25) is 0 Å². The molecule has 0 fully saturated rings. The second-order valence-electron chi connectivity index (χ2n) is 6.73. The number of ether oxygens (including phenoxy) is 1. The van der Waals surface area contributed by atoms with Gasteiger partial charge >= 0.3 is 5.97 Å². The van der Waals surface area contributed by atoms with E-state index in [1.807, 2.05) is 12.1 Å². The highest BCUT2D eigenvalue weighted by Gasteiger charge is 2.44. The van der Waals surface area contributed by atoms with Crippen LogP contribution in [0.25, 0.3) is 0 Å². The molecule has 1 N–H and O–H groups in total. The van der Waals surface area contributed by atoms with E-state index >= 15 is 0 Å². The monoisotopic (exact) mass is 360 g/mol. The fourth-order valence-electron chi connectivity index (χ4n) is 3.84. The Balaban J connectivity index is 1.67. The van der Waals surface area contributed by atoms with Crippen LogP contribution in [0, 0.1) is 0 Å². The lowest BCUT2D eigenvalue weighted by Gasteiger charge is -2.26. The number of carbonyl (C=O) groups excluding carboxylic acids is 3. The summed E-state index contributed by atoms with van der Waals surface area (Å²) in [4.78, 5) is 39.1. The Morgan fingerprint density at radius 2 is 1.89 bits per heavy atom. The Labute approximate surface area is 157 Å². The summed E-state index contributed by atoms with van der Waals surface area (Å²) in [5.74, 6) is -1.62. The molecule has 0 aliphatic carbocycles. The first-order valence-electron chi connectivity index (χ1n) is 8.69. The summed E-state index contributed by atoms with van der Waals surface area (Å²) < 4.78 is 4.91. The fourth-order valence-corrected chi connectivity index (χ4v) is 3.84. The number of anilines is 1. The first-order valence-corrected chi connectivity index (χ1v) is 8.69. The van der Waals surface area contributed by atoms with Crippen LogP contribution in [0.4, 0.5) is 5.69 Å². The van der Waals surface area contributed by atoms with Crippen molar-refractivity contribution in [1.29, 1.82) is 0 Å². The lowest BCUT2D eigenvalue weighted by Crippen LogP contribution is -2.46. The Kier molecular flexibility index (Phi) is 4.22. The van der Waals surface area contributed by atoms with Crippen LogP contribution in [0.1, 0.15) is 38.6 Å². The smallest absolute Gasteiger partial charge is 0.329 e. The molecule has 2 heterocycles. The lowest BCUT2D eigenvalue weighted by atomic mass is 9.87. The molecule has 134 valence electrons. The zero-order valence-corrected chi connectivity index (χ0v) is 14.8. The molecule has 27 heavy (non-hydrogen) atoms. The third kappa shape index (κ3) is 2.79. The number of methoxy groups -OCH3 is 1. The van der Waals surface area contributed by atoms with E-state index in [1.54, 1.807) is 30.3 Å². The van der Waals surface area contributed by atoms with Gasteiger partial charge in [0.05, 0.1) is 18.2 Å². The molecule has 0 saturated heterocycles. The summed E-state index contributed by atoms with van der Waals surface area (Å²) in [6.07, 6.45) is 0.265. The SMILES string of the molecule is [B]c1ccc2c(c1)C(C[C@@H](C(=O)OC)N1C(=O)c3ccccc3C1=O)CN2. The number of amides is 2. The van der Waals surface area contributed by atoms with Crippen molar-refractivity contribution in [3.05, 3.63) is 59.2 Å². The van der Waals surface area contributed by atoms with Crippen molar-refractivity contribution < 1.29 is 19.1 Å². The van der Waals surface area contributed by atoms with Crippen molar-refractivity contribution in [2.24, 2.45) is 0 Å². The van der Waals surface area contributed by atoms with Crippen molar-refractivity contribution >= 4 is 36.8 Å². The molecule has 2 aliphatic heterocycles. The van der Waals surface area contributed by atoms with Crippen LogP contribution in [-0.4, -0.2) is 50.2 Å². The molecule has 2 aliphatic rings. The van der Waals surface area contributed by atoms with Crippen molar-refractivity contribution in [2.45, 2.75) is 18.4 Å². The zero-order chi connectivity index (χ0) is 19.1. The van der Waals surface area contributed by atoms with Gasteiger partial charge in [0.1, 0.15) is 13.9 Å². The van der Waals surface area contributed by atoms with Gasteiger partial charge < -0.3 is 10.1 Å². The number of benzene rings is 2. The minimum Gasteiger partial charge on any atom is -0.467 e. The zero-order valence-electron chi connectivity index (χ0n) is 14.8. The minimum absolute atomic E-state index is 0.0723. The van der Waals surface area contributed by atoms with Crippen LogP contribution >= 0.6 is 0 Å². The molecule has 0 bridgehead atoms. The average molecular weight is 360 g/mol. The van der Waals surface area contributed by atoms with Gasteiger partial charge in [-0.3, -0.25) is 14.5 Å². The quantitative estimate of drug-likeness (QED) is 0.504. The van der Waals surface area contributed by atoms with Gasteiger partial charge in [0, 0.05) is 18.2 Å². The molecule has 2 radical (unpaired) electrons. The molecule has 2 atom stereocenters. The molecule has 7 heteroatoms. The second kappa shape index (κ2) is 6.57. The first-order chi connectivity index (χ1) is 13.0. The number of imide groups is 1. The molecule has 6 nitrogen and oxygen atoms in total. The Morgan fingerprint density at radius 1 is 1.22 bits per heavy atom. The standard InChI is InChI=1S/C20H17BN2O4/c1-27-20(26)17(8-11-10-22-16-7-6-12(21)9-15(11)16)23-18(24)13-4-2-3-5-14(13)19(23)25/h2-7,9,11,17,22H,8,10H2,1H3/t11?,17-/m0/s1. The van der Waals surface area contributed by atoms with E-state index in [0.717, 1.165) is 16.2 Å². The maximum absolute atomic E-state index is 12.8. The molecule has 2 amide bonds. The van der Waals surface area contributed by atoms with E-state index in [0.29, 0.717) is 23.1 Å². The van der Waals surface area contributed by atoms with Gasteiger partial charge in [0.15, 0.2) is 0 Å². The Hall–Kier alpha value is -3.09. The maximum atomic E-state index is 12.8. The number of rotatable bonds is 4. The number of carbonyl (C=O) groups is 3. The summed E-state index contributed by atoms with van der Waals surface area (Å²) in [7, 11) is 7.15. The maximum Gasteiger partial charge on any atom is 0.329 e. The average Bonchev–Trinajstić information content (AvgIpc) is 3.18. The lowest BCUT2D eigenvalue weighted by molar-refractivity contribution is -0.145. The van der Waals surface area contributed by atoms with Gasteiger partial charge in [-0.1, -0.05) is 29.7 Å². The number of hydrogen-bond donors (Lipinski definition) is 1. The van der Waals surface area contributed by atoms with Crippen molar-refractivity contribution in [3.8, 4) is 0 Å². The summed E-state index contributed by atoms with van der Waals surface area (Å²) in [5.41, 5.74) is 3.16. The van der Waals surface area contributed by atoms with Crippen molar-refractivity contribution in [1.82, 2.24) is 4.90 Å². The van der Waals surface area contributed by atoms with Crippen molar-refractivity contribution in [2.75, 3.05) is 19.0 Å². The van der Waals surface area contributed by atoms with Gasteiger partial charge in [-0.2, -0.15) is 0 Å². The van der Waals surface area contributed by atoms with Gasteiger partial charge in [-0.05, 0) is 30.2 Å². The van der Waals surface area contributed by atoms with Crippen LogP contribution in [0.15, 0.2) is 42.5 Å². The number of esters is 1. The van der Waals surface area contributed by atoms with E-state index in [4.69, 9.17) is 12.6 Å². The van der Waals surface area contributed by atoms with Crippen LogP contribution in [-0.2, 0) is 9.53 Å². The van der Waals surface area contributed by atoms with E-state index in [1.165, 1.54) is 7.11 Å². The number of nitrogens with one attached hydrogen (secondary N) is 1. The number of fused-ring (bicyclic) bond motifs is 2. The van der Waals surface area contributed by atoms with E-state index < -0.39 is 23.8 Å². The second-order valence-corrected chi connectivity index (χ2v) is 6.73. The topological polar surface area (TPSA) is 75.7 Å². The normalized spacial score (nSPS) is 18.7. The molecule has 4 rings (SSSR count). The van der Waals surface area contributed by atoms with E-state index in [-0.39, 0.29) is 12.3 Å². The third-order valence-electron chi connectivity index (χ3n) is 5.17. The summed E-state index contributed by atoms with van der Waals surface area (Å²) in [5, 5.41) is 3.27. The summed E-state index contributed by atoms with van der Waals surface area (Å²) in [6, 6.07) is 11.1. The van der Waals surface area contributed by atoms with Gasteiger partial charge in [0.25, 0.3) is 11.8 Å². The molecular weight excluding hydrogens is 343 g/mol. The summed E-state index contributed by atoms with van der Waals surface area (Å²) in [6.45, 7) is 0.593. The minimum atomic E-state index is -0.999. The summed E-state index contributed by atoms with van der Waals surface area (Å²) >= 11 is 0. The Bertz CT molecular complexity index is 924. The number of hydrogen-bond acceptors (Lipinski definition) is 5. The van der Waals surface area contributed by atoms with E-state index in [9.17, 15) is 14.4 Å². The highest BCUT2D eigenvalue weighted by Crippen LogP contribution is 2.36. The third-order valence-corrected chi connectivity index (χ3v) is 5.17. The van der Waals surface area contributed by atoms with Gasteiger partial charge in [-0.15, -0.1) is 0 Å². The molecule has 1 unspecified atom stereocenters. The molecule has 0 spiro atoms. The molecule has 0 saturated carbocycles. The van der Waals surface area contributed by atoms with Crippen molar-refractivity contribution in [3.63, 3.8) is 0 Å². The van der Waals surface area contributed by atoms with Crippen LogP contribution in [0.5, 0.6) is 0 Å². The molecule has 0 aromatic heterocycles. The highest BCUT2D eigenvalue weighted by molar-refractivity contribution is 6.32. The number of nitrogens with zero attached hydrogens (tertiary/aromatic N) is 1.